The molecule has 0 aliphatic heterocycles. The minimum Gasteiger partial charge on any atom is -0.299 e. The summed E-state index contributed by atoms with van der Waals surface area (Å²) in [4.78, 5) is 23.9. The number of unbranched alkanes of at least 4 members (excludes halogenated alkanes) is 7. The Morgan fingerprint density at radius 1 is 0.633 bits per heavy atom. The lowest BCUT2D eigenvalue weighted by molar-refractivity contribution is -0.118. The molecule has 2 nitrogen and oxygen atoms in total. The Balaban J connectivity index is 1.77. The summed E-state index contributed by atoms with van der Waals surface area (Å²) in [5.74, 6) is -0.0561. The van der Waals surface area contributed by atoms with Gasteiger partial charge in [0, 0.05) is 12.0 Å². The maximum atomic E-state index is 12.2. The molecule has 0 aromatic heterocycles. The van der Waals surface area contributed by atoms with E-state index in [1.54, 1.807) is 0 Å². The molecule has 30 heavy (non-hydrogen) atoms. The summed E-state index contributed by atoms with van der Waals surface area (Å²) < 4.78 is 0. The fourth-order valence-corrected chi connectivity index (χ4v) is 3.82. The molecule has 2 rings (SSSR count). The Morgan fingerprint density at radius 3 is 1.73 bits per heavy atom. The van der Waals surface area contributed by atoms with Crippen LogP contribution in [0, 0.1) is 0 Å². The van der Waals surface area contributed by atoms with Crippen LogP contribution in [0.3, 0.4) is 0 Å². The van der Waals surface area contributed by atoms with Crippen LogP contribution in [-0.2, 0) is 11.2 Å². The average Bonchev–Trinajstić information content (AvgIpc) is 2.76. The van der Waals surface area contributed by atoms with E-state index in [4.69, 9.17) is 0 Å². The van der Waals surface area contributed by atoms with Crippen molar-refractivity contribution in [2.75, 3.05) is 0 Å². The summed E-state index contributed by atoms with van der Waals surface area (Å²) >= 11 is 0. The van der Waals surface area contributed by atoms with Crippen LogP contribution in [0.1, 0.15) is 100 Å². The van der Waals surface area contributed by atoms with Gasteiger partial charge in [-0.05, 0) is 36.0 Å². The van der Waals surface area contributed by atoms with Crippen molar-refractivity contribution in [2.24, 2.45) is 0 Å². The van der Waals surface area contributed by atoms with Crippen molar-refractivity contribution in [3.05, 3.63) is 59.7 Å². The van der Waals surface area contributed by atoms with Gasteiger partial charge in [0.25, 0.3) is 0 Å². The first-order chi connectivity index (χ1) is 14.6. The number of hydrogen-bond acceptors (Lipinski definition) is 2. The molecule has 2 aromatic rings. The molecule has 0 atom stereocenters. The van der Waals surface area contributed by atoms with E-state index in [1.165, 1.54) is 56.9 Å². The number of aryl methyl sites for hydroxylation is 1. The first kappa shape index (κ1) is 24.1. The van der Waals surface area contributed by atoms with Crippen LogP contribution in [-0.4, -0.2) is 11.6 Å². The standard InChI is InChI=1S/C28H38O2/c1-3-5-6-7-8-9-10-11-13-23-14-16-24(17-15-23)25-18-20-26(21-19-25)28(30)22-27(29)12-4-2/h14-21H,3-13,22H2,1-2H3. The molecule has 0 N–H and O–H groups in total. The second-order valence-corrected chi connectivity index (χ2v) is 8.39. The number of rotatable bonds is 15. The number of Topliss-reactive ketones (excluding diaryl/α,β-unsaturated/α-hetero) is 2. The van der Waals surface area contributed by atoms with Crippen molar-refractivity contribution in [2.45, 2.75) is 90.9 Å². The summed E-state index contributed by atoms with van der Waals surface area (Å²) in [6.45, 7) is 4.22. The van der Waals surface area contributed by atoms with Crippen LogP contribution in [0.4, 0.5) is 0 Å². The van der Waals surface area contributed by atoms with Gasteiger partial charge in [-0.1, -0.05) is 107 Å². The van der Waals surface area contributed by atoms with Gasteiger partial charge in [-0.25, -0.2) is 0 Å². The molecular formula is C28H38O2. The number of benzene rings is 2. The van der Waals surface area contributed by atoms with Gasteiger partial charge in [0.1, 0.15) is 5.78 Å². The van der Waals surface area contributed by atoms with E-state index in [-0.39, 0.29) is 18.0 Å². The highest BCUT2D eigenvalue weighted by Gasteiger charge is 2.11. The van der Waals surface area contributed by atoms with Gasteiger partial charge in [-0.3, -0.25) is 9.59 Å². The van der Waals surface area contributed by atoms with Crippen LogP contribution >= 0.6 is 0 Å². The topological polar surface area (TPSA) is 34.1 Å². The van der Waals surface area contributed by atoms with Gasteiger partial charge in [0.2, 0.25) is 0 Å². The molecule has 2 heteroatoms. The highest BCUT2D eigenvalue weighted by molar-refractivity contribution is 6.08. The molecule has 0 bridgehead atoms. The van der Waals surface area contributed by atoms with Crippen LogP contribution in [0.5, 0.6) is 0 Å². The van der Waals surface area contributed by atoms with Crippen LogP contribution in [0.2, 0.25) is 0 Å². The minimum atomic E-state index is -0.0827. The van der Waals surface area contributed by atoms with Crippen molar-refractivity contribution in [1.82, 2.24) is 0 Å². The van der Waals surface area contributed by atoms with Crippen molar-refractivity contribution < 1.29 is 9.59 Å². The smallest absolute Gasteiger partial charge is 0.170 e. The third-order valence-corrected chi connectivity index (χ3v) is 5.70. The molecule has 0 fully saturated rings. The summed E-state index contributed by atoms with van der Waals surface area (Å²) in [6.07, 6.45) is 13.2. The molecule has 162 valence electrons. The summed E-state index contributed by atoms with van der Waals surface area (Å²) in [6, 6.07) is 16.4. The third-order valence-electron chi connectivity index (χ3n) is 5.70. The molecule has 0 unspecified atom stereocenters. The lowest BCUT2D eigenvalue weighted by atomic mass is 9.98. The fourth-order valence-electron chi connectivity index (χ4n) is 3.82. The second-order valence-electron chi connectivity index (χ2n) is 8.39. The van der Waals surface area contributed by atoms with E-state index < -0.39 is 0 Å². The lowest BCUT2D eigenvalue weighted by Gasteiger charge is -2.06. The normalized spacial score (nSPS) is 10.9. The second kappa shape index (κ2) is 13.9. The predicted octanol–water partition coefficient (Wildman–Crippen LogP) is 7.98. The molecule has 2 aromatic carbocycles. The SMILES string of the molecule is CCCCCCCCCCc1ccc(-c2ccc(C(=O)CC(=O)CCC)cc2)cc1. The first-order valence-corrected chi connectivity index (χ1v) is 11.9. The summed E-state index contributed by atoms with van der Waals surface area (Å²) in [5, 5.41) is 0. The Morgan fingerprint density at radius 2 is 1.17 bits per heavy atom. The molecule has 0 aliphatic carbocycles. The van der Waals surface area contributed by atoms with E-state index in [0.717, 1.165) is 24.0 Å². The first-order valence-electron chi connectivity index (χ1n) is 11.9. The highest BCUT2D eigenvalue weighted by atomic mass is 16.1. The van der Waals surface area contributed by atoms with Gasteiger partial charge in [-0.2, -0.15) is 0 Å². The van der Waals surface area contributed by atoms with Gasteiger partial charge in [-0.15, -0.1) is 0 Å². The van der Waals surface area contributed by atoms with Crippen molar-refractivity contribution in [3.63, 3.8) is 0 Å². The summed E-state index contributed by atoms with van der Waals surface area (Å²) in [5.41, 5.74) is 4.28. The predicted molar refractivity (Wildman–Crippen MR) is 127 cm³/mol. The number of carbonyl (C=O) groups excluding carboxylic acids is 2. The van der Waals surface area contributed by atoms with Crippen LogP contribution in [0.25, 0.3) is 11.1 Å². The maximum absolute atomic E-state index is 12.2. The lowest BCUT2D eigenvalue weighted by Crippen LogP contribution is -2.07. The summed E-state index contributed by atoms with van der Waals surface area (Å²) in [7, 11) is 0. The van der Waals surface area contributed by atoms with Gasteiger partial charge in [0.15, 0.2) is 5.78 Å². The zero-order chi connectivity index (χ0) is 21.6. The Kier molecular flexibility index (Phi) is 11.1. The third kappa shape index (κ3) is 8.65. The highest BCUT2D eigenvalue weighted by Crippen LogP contribution is 2.22. The van der Waals surface area contributed by atoms with Crippen LogP contribution < -0.4 is 0 Å². The van der Waals surface area contributed by atoms with E-state index in [9.17, 15) is 9.59 Å². The fraction of sp³-hybridized carbons (Fsp3) is 0.500. The Labute approximate surface area is 183 Å². The molecule has 0 saturated heterocycles. The zero-order valence-corrected chi connectivity index (χ0v) is 18.9. The van der Waals surface area contributed by atoms with Gasteiger partial charge >= 0.3 is 0 Å². The molecule has 0 amide bonds. The number of hydrogen-bond donors (Lipinski definition) is 0. The molecule has 0 aliphatic rings. The largest absolute Gasteiger partial charge is 0.299 e. The number of carbonyl (C=O) groups is 2. The molecule has 0 spiro atoms. The van der Waals surface area contributed by atoms with Crippen LogP contribution in [0.15, 0.2) is 48.5 Å². The monoisotopic (exact) mass is 406 g/mol. The van der Waals surface area contributed by atoms with Gasteiger partial charge < -0.3 is 0 Å². The minimum absolute atomic E-state index is 0.0145. The van der Waals surface area contributed by atoms with E-state index in [0.29, 0.717) is 12.0 Å². The number of ketones is 2. The maximum Gasteiger partial charge on any atom is 0.170 e. The van der Waals surface area contributed by atoms with Crippen molar-refractivity contribution >= 4 is 11.6 Å². The quantitative estimate of drug-likeness (QED) is 0.171. The van der Waals surface area contributed by atoms with Gasteiger partial charge in [0.05, 0.1) is 6.42 Å². The van der Waals surface area contributed by atoms with Crippen molar-refractivity contribution in [3.8, 4) is 11.1 Å². The van der Waals surface area contributed by atoms with E-state index in [2.05, 4.69) is 31.2 Å². The Hall–Kier alpha value is -2.22. The Bertz CT molecular complexity index is 756. The molecule has 0 saturated carbocycles. The molecule has 0 heterocycles. The van der Waals surface area contributed by atoms with E-state index in [1.807, 2.05) is 31.2 Å². The van der Waals surface area contributed by atoms with E-state index >= 15 is 0 Å². The zero-order valence-electron chi connectivity index (χ0n) is 18.9. The average molecular weight is 407 g/mol. The van der Waals surface area contributed by atoms with Crippen molar-refractivity contribution in [1.29, 1.82) is 0 Å². The molecular weight excluding hydrogens is 368 g/mol. The molecule has 0 radical (unpaired) electrons.